The minimum Gasteiger partial charge on any atom is -0.493 e. The van der Waals surface area contributed by atoms with Gasteiger partial charge < -0.3 is 14.6 Å². The van der Waals surface area contributed by atoms with Crippen LogP contribution in [0.15, 0.2) is 18.2 Å². The Morgan fingerprint density at radius 2 is 2.14 bits per heavy atom. The van der Waals surface area contributed by atoms with Crippen molar-refractivity contribution in [3.63, 3.8) is 0 Å². The van der Waals surface area contributed by atoms with Crippen molar-refractivity contribution in [2.75, 3.05) is 13.7 Å². The van der Waals surface area contributed by atoms with Gasteiger partial charge in [-0.1, -0.05) is 6.92 Å². The third-order valence-electron chi connectivity index (χ3n) is 2.86. The van der Waals surface area contributed by atoms with E-state index in [1.165, 1.54) is 0 Å². The van der Waals surface area contributed by atoms with Gasteiger partial charge in [0.2, 0.25) is 0 Å². The maximum Gasteiger partial charge on any atom is 0.347 e. The van der Waals surface area contributed by atoms with Gasteiger partial charge >= 0.3 is 5.97 Å². The molecule has 1 heterocycles. The first-order chi connectivity index (χ1) is 10.1. The summed E-state index contributed by atoms with van der Waals surface area (Å²) in [5.41, 5.74) is 1.34. The molecule has 0 spiro atoms. The predicted octanol–water partition coefficient (Wildman–Crippen LogP) is 3.61. The van der Waals surface area contributed by atoms with E-state index in [0.29, 0.717) is 28.8 Å². The number of aromatic nitrogens is 1. The van der Waals surface area contributed by atoms with E-state index >= 15 is 0 Å². The zero-order valence-corrected chi connectivity index (χ0v) is 13.0. The van der Waals surface area contributed by atoms with Crippen LogP contribution in [0.4, 0.5) is 0 Å². The molecule has 0 bridgehead atoms. The summed E-state index contributed by atoms with van der Waals surface area (Å²) in [7, 11) is 1.59. The first-order valence-electron chi connectivity index (χ1n) is 6.58. The fraction of sp³-hybridized carbons (Fsp3) is 0.333. The van der Waals surface area contributed by atoms with Crippen LogP contribution in [-0.2, 0) is 0 Å². The van der Waals surface area contributed by atoms with Crippen molar-refractivity contribution in [3.05, 3.63) is 28.8 Å². The fourth-order valence-corrected chi connectivity index (χ4v) is 2.75. The molecule has 1 N–H and O–H groups in total. The quantitative estimate of drug-likeness (QED) is 0.883. The molecule has 0 fully saturated rings. The van der Waals surface area contributed by atoms with E-state index in [1.807, 2.05) is 19.1 Å². The average Bonchev–Trinajstić information content (AvgIpc) is 2.87. The number of methoxy groups -OCH3 is 1. The molecule has 0 aliphatic carbocycles. The number of aromatic carboxylic acids is 1. The number of carboxylic acids is 1. The Bertz CT molecular complexity index is 651. The van der Waals surface area contributed by atoms with Gasteiger partial charge in [-0.2, -0.15) is 0 Å². The number of ether oxygens (including phenoxy) is 2. The summed E-state index contributed by atoms with van der Waals surface area (Å²) in [5, 5.41) is 9.77. The molecule has 0 radical (unpaired) electrons. The molecule has 0 aliphatic rings. The van der Waals surface area contributed by atoms with E-state index < -0.39 is 5.97 Å². The molecule has 0 aliphatic heterocycles. The van der Waals surface area contributed by atoms with Gasteiger partial charge in [-0.3, -0.25) is 0 Å². The molecular weight excluding hydrogens is 290 g/mol. The maximum atomic E-state index is 11.1. The number of carboxylic acid groups (broad SMARTS) is 1. The van der Waals surface area contributed by atoms with Crippen molar-refractivity contribution in [2.45, 2.75) is 20.3 Å². The summed E-state index contributed by atoms with van der Waals surface area (Å²) in [5.74, 6) is 0.340. The van der Waals surface area contributed by atoms with Crippen LogP contribution in [0.5, 0.6) is 11.5 Å². The minimum absolute atomic E-state index is 0.261. The molecule has 0 atom stereocenters. The second kappa shape index (κ2) is 6.58. The first-order valence-corrected chi connectivity index (χ1v) is 7.40. The summed E-state index contributed by atoms with van der Waals surface area (Å²) in [6.07, 6.45) is 0.896. The van der Waals surface area contributed by atoms with Crippen molar-refractivity contribution < 1.29 is 19.4 Å². The van der Waals surface area contributed by atoms with Gasteiger partial charge in [-0.25, -0.2) is 9.78 Å². The summed E-state index contributed by atoms with van der Waals surface area (Å²) >= 11 is 1.16. The zero-order chi connectivity index (χ0) is 15.4. The number of thiazole rings is 1. The Morgan fingerprint density at radius 3 is 2.71 bits per heavy atom. The van der Waals surface area contributed by atoms with Gasteiger partial charge in [0.15, 0.2) is 11.5 Å². The second-order valence-corrected chi connectivity index (χ2v) is 5.45. The Morgan fingerprint density at radius 1 is 1.38 bits per heavy atom. The van der Waals surface area contributed by atoms with Gasteiger partial charge in [0.1, 0.15) is 9.88 Å². The Labute approximate surface area is 127 Å². The summed E-state index contributed by atoms with van der Waals surface area (Å²) in [6.45, 7) is 4.32. The number of nitrogens with zero attached hydrogens (tertiary/aromatic N) is 1. The number of rotatable bonds is 6. The second-order valence-electron chi connectivity index (χ2n) is 4.45. The highest BCUT2D eigenvalue weighted by molar-refractivity contribution is 7.17. The largest absolute Gasteiger partial charge is 0.493 e. The smallest absolute Gasteiger partial charge is 0.347 e. The molecule has 6 heteroatoms. The van der Waals surface area contributed by atoms with Crippen molar-refractivity contribution in [2.24, 2.45) is 0 Å². The van der Waals surface area contributed by atoms with Crippen molar-refractivity contribution in [3.8, 4) is 22.1 Å². The topological polar surface area (TPSA) is 68.7 Å². The molecule has 2 rings (SSSR count). The molecule has 5 nitrogen and oxygen atoms in total. The van der Waals surface area contributed by atoms with Crippen LogP contribution >= 0.6 is 11.3 Å². The lowest BCUT2D eigenvalue weighted by atomic mass is 10.2. The van der Waals surface area contributed by atoms with E-state index in [9.17, 15) is 4.79 Å². The predicted molar refractivity (Wildman–Crippen MR) is 81.6 cm³/mol. The number of hydrogen-bond acceptors (Lipinski definition) is 5. The lowest BCUT2D eigenvalue weighted by molar-refractivity contribution is 0.0701. The number of carbonyl (C=O) groups is 1. The van der Waals surface area contributed by atoms with Crippen LogP contribution < -0.4 is 9.47 Å². The van der Waals surface area contributed by atoms with Crippen molar-refractivity contribution in [1.29, 1.82) is 0 Å². The number of hydrogen-bond donors (Lipinski definition) is 1. The minimum atomic E-state index is -0.952. The molecule has 0 unspecified atom stereocenters. The van der Waals surface area contributed by atoms with Crippen molar-refractivity contribution in [1.82, 2.24) is 4.98 Å². The van der Waals surface area contributed by atoms with Crippen LogP contribution in [-0.4, -0.2) is 29.8 Å². The SMILES string of the molecule is CCCOc1cc(-c2nc(C)c(C(=O)O)s2)ccc1OC. The highest BCUT2D eigenvalue weighted by Crippen LogP contribution is 2.35. The average molecular weight is 307 g/mol. The number of benzene rings is 1. The molecule has 1 aromatic heterocycles. The third kappa shape index (κ3) is 3.33. The standard InChI is InChI=1S/C15H17NO4S/c1-4-7-20-12-8-10(5-6-11(12)19-3)14-16-9(2)13(21-14)15(17)18/h5-6,8H,4,7H2,1-3H3,(H,17,18). The highest BCUT2D eigenvalue weighted by atomic mass is 32.1. The van der Waals surface area contributed by atoms with Gasteiger partial charge in [0.05, 0.1) is 19.4 Å². The highest BCUT2D eigenvalue weighted by Gasteiger charge is 2.16. The summed E-state index contributed by atoms with van der Waals surface area (Å²) in [6, 6.07) is 5.48. The van der Waals surface area contributed by atoms with Crippen LogP contribution in [0.25, 0.3) is 10.6 Å². The molecule has 0 saturated heterocycles. The molecule has 21 heavy (non-hydrogen) atoms. The van der Waals surface area contributed by atoms with E-state index in [2.05, 4.69) is 4.98 Å². The lowest BCUT2D eigenvalue weighted by Gasteiger charge is -2.10. The van der Waals surface area contributed by atoms with Crippen LogP contribution in [0.1, 0.15) is 28.7 Å². The lowest BCUT2D eigenvalue weighted by Crippen LogP contribution is -1.98. The molecule has 0 amide bonds. The fourth-order valence-electron chi connectivity index (χ4n) is 1.85. The number of aryl methyl sites for hydroxylation is 1. The van der Waals surface area contributed by atoms with E-state index in [-0.39, 0.29) is 4.88 Å². The van der Waals surface area contributed by atoms with E-state index in [1.54, 1.807) is 20.1 Å². The van der Waals surface area contributed by atoms with Gasteiger partial charge in [-0.15, -0.1) is 11.3 Å². The normalized spacial score (nSPS) is 10.4. The Balaban J connectivity index is 2.39. The first kappa shape index (κ1) is 15.3. The molecule has 2 aromatic rings. The Hall–Kier alpha value is -2.08. The summed E-state index contributed by atoms with van der Waals surface area (Å²) < 4.78 is 10.9. The molecule has 112 valence electrons. The van der Waals surface area contributed by atoms with E-state index in [0.717, 1.165) is 23.3 Å². The van der Waals surface area contributed by atoms with Crippen molar-refractivity contribution >= 4 is 17.3 Å². The van der Waals surface area contributed by atoms with E-state index in [4.69, 9.17) is 14.6 Å². The molecule has 0 saturated carbocycles. The third-order valence-corrected chi connectivity index (χ3v) is 4.06. The van der Waals surface area contributed by atoms with Gasteiger partial charge in [0.25, 0.3) is 0 Å². The molecule has 1 aromatic carbocycles. The van der Waals surface area contributed by atoms with Gasteiger partial charge in [0, 0.05) is 5.56 Å². The maximum absolute atomic E-state index is 11.1. The monoisotopic (exact) mass is 307 g/mol. The Kier molecular flexibility index (Phi) is 4.80. The van der Waals surface area contributed by atoms with Crippen LogP contribution in [0.2, 0.25) is 0 Å². The van der Waals surface area contributed by atoms with Gasteiger partial charge in [-0.05, 0) is 31.5 Å². The zero-order valence-electron chi connectivity index (χ0n) is 12.2. The van der Waals surface area contributed by atoms with Crippen LogP contribution in [0, 0.1) is 6.92 Å². The molecular formula is C15H17NO4S. The van der Waals surface area contributed by atoms with Crippen LogP contribution in [0.3, 0.4) is 0 Å². The summed E-state index contributed by atoms with van der Waals surface area (Å²) in [4.78, 5) is 15.7.